The number of carbonyl (C=O) groups excluding carboxylic acids is 9. The lowest BCUT2D eigenvalue weighted by atomic mass is 9.99. The van der Waals surface area contributed by atoms with E-state index in [1.54, 1.807) is 55.4 Å². The summed E-state index contributed by atoms with van der Waals surface area (Å²) in [6.07, 6.45) is 0.373. The number of carboxylic acids is 2. The molecule has 1 rings (SSSR count). The molecule has 0 aromatic heterocycles. The van der Waals surface area contributed by atoms with E-state index in [0.717, 1.165) is 0 Å². The van der Waals surface area contributed by atoms with Gasteiger partial charge in [0.15, 0.2) is 0 Å². The summed E-state index contributed by atoms with van der Waals surface area (Å²) < 4.78 is 0. The van der Waals surface area contributed by atoms with E-state index in [9.17, 15) is 68.1 Å². The van der Waals surface area contributed by atoms with Crippen LogP contribution in [-0.4, -0.2) is 160 Å². The summed E-state index contributed by atoms with van der Waals surface area (Å²) in [6.45, 7) is 16.3. The number of likely N-dealkylation sites (tertiary alicyclic amines) is 1. The molecular formula is C47H82N10O14. The number of hydrogen-bond donors (Lipinski definition) is 12. The molecular weight excluding hydrogens is 929 g/mol. The first-order valence-electron chi connectivity index (χ1n) is 24.5. The molecule has 13 N–H and O–H groups in total. The van der Waals surface area contributed by atoms with Crippen LogP contribution in [0.3, 0.4) is 0 Å². The minimum absolute atomic E-state index is 0.0180. The predicted octanol–water partition coefficient (Wildman–Crippen LogP) is -1.38. The van der Waals surface area contributed by atoms with Gasteiger partial charge in [0.25, 0.3) is 0 Å². The highest BCUT2D eigenvalue weighted by molar-refractivity contribution is 5.97. The molecule has 404 valence electrons. The molecule has 1 saturated heterocycles. The average Bonchev–Trinajstić information content (AvgIpc) is 3.77. The Morgan fingerprint density at radius 2 is 0.915 bits per heavy atom. The van der Waals surface area contributed by atoms with E-state index >= 15 is 0 Å². The van der Waals surface area contributed by atoms with Crippen molar-refractivity contribution in [1.29, 1.82) is 0 Å². The van der Waals surface area contributed by atoms with Gasteiger partial charge < -0.3 is 68.5 Å². The van der Waals surface area contributed by atoms with Crippen LogP contribution >= 0.6 is 0 Å². The minimum Gasteiger partial charge on any atom is -0.481 e. The predicted molar refractivity (Wildman–Crippen MR) is 259 cm³/mol. The van der Waals surface area contributed by atoms with Crippen LogP contribution in [0.25, 0.3) is 0 Å². The van der Waals surface area contributed by atoms with Crippen molar-refractivity contribution in [3.63, 3.8) is 0 Å². The van der Waals surface area contributed by atoms with Crippen molar-refractivity contribution >= 4 is 65.1 Å². The second-order valence-corrected chi connectivity index (χ2v) is 20.3. The molecule has 0 aromatic rings. The molecule has 0 spiro atoms. The van der Waals surface area contributed by atoms with E-state index < -0.39 is 146 Å². The van der Waals surface area contributed by atoms with Crippen LogP contribution in [0, 0.1) is 29.6 Å². The van der Waals surface area contributed by atoms with Crippen LogP contribution < -0.4 is 48.3 Å². The van der Waals surface area contributed by atoms with Gasteiger partial charge in [-0.1, -0.05) is 69.2 Å². The zero-order valence-electron chi connectivity index (χ0n) is 43.1. The van der Waals surface area contributed by atoms with E-state index in [-0.39, 0.29) is 68.2 Å². The van der Waals surface area contributed by atoms with E-state index in [0.29, 0.717) is 12.8 Å². The number of carboxylic acid groups (broad SMARTS) is 2. The number of nitrogens with zero attached hydrogens (tertiary/aromatic N) is 1. The number of rotatable bonds is 32. The van der Waals surface area contributed by atoms with Crippen LogP contribution in [0.1, 0.15) is 127 Å². The molecule has 0 unspecified atom stereocenters. The first-order chi connectivity index (χ1) is 33.1. The van der Waals surface area contributed by atoms with Gasteiger partial charge >= 0.3 is 11.9 Å². The molecule has 0 radical (unpaired) electrons. The Morgan fingerprint density at radius 1 is 0.521 bits per heavy atom. The van der Waals surface area contributed by atoms with Gasteiger partial charge in [-0.2, -0.15) is 0 Å². The standard InChI is InChI=1S/C47H82N10O14/c1-24(2)16-31(41(64)50-22-38(60)57-15-11-12-36(57)46(69)56-35(47(70)71)20-28(9)10)51-37(59)21-49-42(65)32(17-25(3)4)54-43(66)30(13-14-39(61)62)52-44(67)34(19-27(7)8)55-45(68)33(18-26(5)6)53-40(63)29(48)23-58/h24-36,58H,11-23,48H2,1-10H3,(H,49,65)(H,50,64)(H,51,59)(H,52,67)(H,53,63)(H,54,66)(H,55,68)(H,56,69)(H,61,62)(H,70,71)/t29-,30-,31-,32-,33-,34-,35-,36-/m0/s1. The third-order valence-electron chi connectivity index (χ3n) is 11.2. The summed E-state index contributed by atoms with van der Waals surface area (Å²) >= 11 is 0. The highest BCUT2D eigenvalue weighted by atomic mass is 16.4. The molecule has 24 nitrogen and oxygen atoms in total. The Bertz CT molecular complexity index is 1840. The van der Waals surface area contributed by atoms with Gasteiger partial charge in [-0.15, -0.1) is 0 Å². The molecule has 1 heterocycles. The fraction of sp³-hybridized carbons (Fsp3) is 0.766. The van der Waals surface area contributed by atoms with E-state index in [4.69, 9.17) is 5.73 Å². The average molecular weight is 1010 g/mol. The number of aliphatic hydroxyl groups excluding tert-OH is 1. The van der Waals surface area contributed by atoms with Crippen molar-refractivity contribution in [1.82, 2.24) is 47.4 Å². The molecule has 8 atom stereocenters. The van der Waals surface area contributed by atoms with Gasteiger partial charge in [-0.25, -0.2) is 4.79 Å². The molecule has 24 heteroatoms. The van der Waals surface area contributed by atoms with Crippen LogP contribution in [0.15, 0.2) is 0 Å². The molecule has 0 saturated carbocycles. The van der Waals surface area contributed by atoms with Crippen LogP contribution in [-0.2, 0) is 52.7 Å². The number of carbonyl (C=O) groups is 11. The number of aliphatic hydroxyl groups is 1. The van der Waals surface area contributed by atoms with Crippen LogP contribution in [0.2, 0.25) is 0 Å². The number of hydrogen-bond acceptors (Lipinski definition) is 13. The lowest BCUT2D eigenvalue weighted by molar-refractivity contribution is -0.144. The lowest BCUT2D eigenvalue weighted by Gasteiger charge is -2.28. The topological polar surface area (TPSA) is 374 Å². The molecule has 1 fully saturated rings. The second kappa shape index (κ2) is 31.4. The fourth-order valence-electron chi connectivity index (χ4n) is 7.75. The highest BCUT2D eigenvalue weighted by Crippen LogP contribution is 2.19. The van der Waals surface area contributed by atoms with Crippen molar-refractivity contribution in [3.05, 3.63) is 0 Å². The quantitative estimate of drug-likeness (QED) is 0.0370. The summed E-state index contributed by atoms with van der Waals surface area (Å²) in [5.74, 6) is -9.93. The Balaban J connectivity index is 3.14. The molecule has 0 bridgehead atoms. The minimum atomic E-state index is -1.51. The van der Waals surface area contributed by atoms with Crippen molar-refractivity contribution in [2.75, 3.05) is 26.2 Å². The Kier molecular flexibility index (Phi) is 27.9. The third-order valence-corrected chi connectivity index (χ3v) is 11.2. The van der Waals surface area contributed by atoms with Crippen molar-refractivity contribution in [2.24, 2.45) is 35.3 Å². The van der Waals surface area contributed by atoms with Crippen molar-refractivity contribution < 1.29 is 68.1 Å². The Morgan fingerprint density at radius 3 is 1.35 bits per heavy atom. The van der Waals surface area contributed by atoms with Crippen molar-refractivity contribution in [3.8, 4) is 0 Å². The first kappa shape index (κ1) is 63.1. The van der Waals surface area contributed by atoms with Crippen LogP contribution in [0.4, 0.5) is 0 Å². The number of nitrogens with one attached hydrogen (secondary N) is 8. The van der Waals surface area contributed by atoms with Gasteiger partial charge in [0, 0.05) is 13.0 Å². The Hall–Kier alpha value is -5.91. The molecule has 1 aliphatic heterocycles. The number of amides is 9. The summed E-state index contributed by atoms with van der Waals surface area (Å²) in [6, 6.07) is -9.74. The van der Waals surface area contributed by atoms with Crippen molar-refractivity contribution in [2.45, 2.75) is 175 Å². The third kappa shape index (κ3) is 24.2. The van der Waals surface area contributed by atoms with Gasteiger partial charge in [0.05, 0.1) is 19.7 Å². The normalized spacial score (nSPS) is 16.5. The molecule has 0 aliphatic carbocycles. The van der Waals surface area contributed by atoms with Gasteiger partial charge in [-0.05, 0) is 81.0 Å². The second-order valence-electron chi connectivity index (χ2n) is 20.3. The van der Waals surface area contributed by atoms with E-state index in [1.165, 1.54) is 4.90 Å². The zero-order chi connectivity index (χ0) is 54.3. The summed E-state index contributed by atoms with van der Waals surface area (Å²) in [5.41, 5.74) is 5.64. The molecule has 0 aromatic carbocycles. The fourth-order valence-corrected chi connectivity index (χ4v) is 7.75. The van der Waals surface area contributed by atoms with Crippen LogP contribution in [0.5, 0.6) is 0 Å². The summed E-state index contributed by atoms with van der Waals surface area (Å²) in [5, 5.41) is 48.6. The molecule has 9 amide bonds. The lowest BCUT2D eigenvalue weighted by Crippen LogP contribution is -2.59. The van der Waals surface area contributed by atoms with E-state index in [2.05, 4.69) is 42.5 Å². The molecule has 71 heavy (non-hydrogen) atoms. The maximum atomic E-state index is 13.8. The highest BCUT2D eigenvalue weighted by Gasteiger charge is 2.37. The smallest absolute Gasteiger partial charge is 0.326 e. The maximum absolute atomic E-state index is 13.8. The summed E-state index contributed by atoms with van der Waals surface area (Å²) in [7, 11) is 0. The summed E-state index contributed by atoms with van der Waals surface area (Å²) in [4.78, 5) is 145. The largest absolute Gasteiger partial charge is 0.481 e. The number of aliphatic carboxylic acids is 2. The van der Waals surface area contributed by atoms with Gasteiger partial charge in [0.1, 0.15) is 48.3 Å². The SMILES string of the molecule is CC(C)C[C@H](NC(=O)[C@@H]1CCCN1C(=O)CNC(=O)[C@H](CC(C)C)NC(=O)CNC(=O)[C@H](CC(C)C)NC(=O)[C@H](CCC(=O)O)NC(=O)[C@H](CC(C)C)NC(=O)[C@H](CC(C)C)NC(=O)[C@@H](N)CO)C(=O)O. The maximum Gasteiger partial charge on any atom is 0.326 e. The van der Waals surface area contributed by atoms with Gasteiger partial charge in [0.2, 0.25) is 53.2 Å². The van der Waals surface area contributed by atoms with Gasteiger partial charge in [-0.3, -0.25) is 47.9 Å². The monoisotopic (exact) mass is 1010 g/mol. The van der Waals surface area contributed by atoms with E-state index in [1.807, 2.05) is 13.8 Å². The Labute approximate surface area is 416 Å². The number of nitrogens with two attached hydrogens (primary N) is 1. The molecule has 1 aliphatic rings. The first-order valence-corrected chi connectivity index (χ1v) is 24.5. The zero-order valence-corrected chi connectivity index (χ0v) is 43.1.